The lowest BCUT2D eigenvalue weighted by Crippen LogP contribution is -2.25. The Morgan fingerprint density at radius 1 is 1.08 bits per heavy atom. The maximum Gasteiger partial charge on any atom is 0.272 e. The van der Waals surface area contributed by atoms with Crippen LogP contribution in [0.5, 0.6) is 11.5 Å². The van der Waals surface area contributed by atoms with Crippen molar-refractivity contribution in [3.8, 4) is 11.5 Å². The monoisotopic (exact) mass is 561 g/mol. The van der Waals surface area contributed by atoms with Crippen LogP contribution in [0, 0.1) is 0 Å². The number of rotatable bonds is 9. The van der Waals surface area contributed by atoms with E-state index in [2.05, 4.69) is 10.3 Å². The first-order valence-electron chi connectivity index (χ1n) is 12.3. The minimum atomic E-state index is -0.165. The smallest absolute Gasteiger partial charge is 0.272 e. The Morgan fingerprint density at radius 3 is 2.90 bits per heavy atom. The standard InChI is InChI=1S/C27H23N5O5S2/c33-23(28-14-17-6-7-20-21(12-17)37-16-36-20)5-3-10-32-26(35)25-19(8-11-38-25)30-27(32)39-15-18-13-24(34)31-9-2-1-4-22(31)29-18/h1-2,4,6-9,11-13H,3,5,10,14-16H2,(H,28,33). The van der Waals surface area contributed by atoms with E-state index in [1.165, 1.54) is 33.6 Å². The number of fused-ring (bicyclic) bond motifs is 3. The molecule has 12 heteroatoms. The van der Waals surface area contributed by atoms with Crippen LogP contribution in [-0.2, 0) is 23.6 Å². The number of nitrogens with one attached hydrogen (secondary N) is 1. The maximum atomic E-state index is 13.3. The van der Waals surface area contributed by atoms with E-state index < -0.39 is 0 Å². The number of amides is 1. The van der Waals surface area contributed by atoms with Gasteiger partial charge in [0.1, 0.15) is 10.3 Å². The van der Waals surface area contributed by atoms with E-state index in [1.807, 2.05) is 35.7 Å². The van der Waals surface area contributed by atoms with Gasteiger partial charge in [0.15, 0.2) is 16.7 Å². The van der Waals surface area contributed by atoms with E-state index >= 15 is 0 Å². The third-order valence-corrected chi connectivity index (χ3v) is 8.12. The molecule has 1 amide bonds. The first-order valence-corrected chi connectivity index (χ1v) is 14.1. The molecule has 0 unspecified atom stereocenters. The molecular formula is C27H23N5O5S2. The van der Waals surface area contributed by atoms with Crippen LogP contribution in [-0.4, -0.2) is 31.6 Å². The van der Waals surface area contributed by atoms with Crippen LogP contribution in [0.15, 0.2) is 74.9 Å². The summed E-state index contributed by atoms with van der Waals surface area (Å²) >= 11 is 2.70. The SMILES string of the molecule is O=C(CCCn1c(SCc2cc(=O)n3ccccc3n2)nc2ccsc2c1=O)NCc1ccc2c(c1)OCO2. The summed E-state index contributed by atoms with van der Waals surface area (Å²) in [6.45, 7) is 0.916. The summed E-state index contributed by atoms with van der Waals surface area (Å²) in [6.07, 6.45) is 2.40. The summed E-state index contributed by atoms with van der Waals surface area (Å²) < 4.78 is 14.4. The molecule has 0 saturated heterocycles. The van der Waals surface area contributed by atoms with Crippen LogP contribution >= 0.6 is 23.1 Å². The van der Waals surface area contributed by atoms with Gasteiger partial charge in [-0.15, -0.1) is 11.3 Å². The molecule has 0 spiro atoms. The van der Waals surface area contributed by atoms with Gasteiger partial charge in [-0.25, -0.2) is 9.97 Å². The van der Waals surface area contributed by atoms with Crippen LogP contribution < -0.4 is 25.9 Å². The average Bonchev–Trinajstić information content (AvgIpc) is 3.61. The molecule has 4 aromatic heterocycles. The third-order valence-electron chi connectivity index (χ3n) is 6.22. The van der Waals surface area contributed by atoms with Crippen molar-refractivity contribution in [2.75, 3.05) is 6.79 Å². The fraction of sp³-hybridized carbons (Fsp3) is 0.222. The molecule has 5 aromatic rings. The molecule has 198 valence electrons. The second-order valence-electron chi connectivity index (χ2n) is 8.86. The molecule has 1 aromatic carbocycles. The zero-order chi connectivity index (χ0) is 26.8. The molecule has 1 aliphatic heterocycles. The minimum Gasteiger partial charge on any atom is -0.454 e. The molecule has 10 nitrogen and oxygen atoms in total. The number of ether oxygens (including phenoxy) is 2. The zero-order valence-corrected chi connectivity index (χ0v) is 22.3. The summed E-state index contributed by atoms with van der Waals surface area (Å²) in [6, 6.07) is 14.3. The predicted octanol–water partition coefficient (Wildman–Crippen LogP) is 3.58. The molecule has 5 heterocycles. The Bertz CT molecular complexity index is 1810. The third kappa shape index (κ3) is 5.38. The first-order chi connectivity index (χ1) is 19.0. The second kappa shape index (κ2) is 10.9. The van der Waals surface area contributed by atoms with Gasteiger partial charge < -0.3 is 14.8 Å². The topological polar surface area (TPSA) is 117 Å². The Kier molecular flexibility index (Phi) is 7.03. The number of hydrogen-bond acceptors (Lipinski definition) is 9. The lowest BCUT2D eigenvalue weighted by atomic mass is 10.2. The van der Waals surface area contributed by atoms with Gasteiger partial charge in [-0.05, 0) is 47.7 Å². The lowest BCUT2D eigenvalue weighted by Gasteiger charge is -2.12. The van der Waals surface area contributed by atoms with Gasteiger partial charge in [-0.2, -0.15) is 0 Å². The van der Waals surface area contributed by atoms with Crippen molar-refractivity contribution in [3.05, 3.63) is 92.1 Å². The normalized spacial score (nSPS) is 12.3. The number of carbonyl (C=O) groups excluding carboxylic acids is 1. The molecule has 0 radical (unpaired) electrons. The van der Waals surface area contributed by atoms with E-state index in [9.17, 15) is 14.4 Å². The second-order valence-corrected chi connectivity index (χ2v) is 10.7. The van der Waals surface area contributed by atoms with Crippen LogP contribution in [0.2, 0.25) is 0 Å². The van der Waals surface area contributed by atoms with Crippen molar-refractivity contribution in [1.29, 1.82) is 0 Å². The maximum absolute atomic E-state index is 13.3. The fourth-order valence-corrected chi connectivity index (χ4v) is 5.98. The van der Waals surface area contributed by atoms with Crippen molar-refractivity contribution in [2.24, 2.45) is 0 Å². The molecule has 0 fully saturated rings. The Balaban J connectivity index is 1.12. The molecule has 0 saturated carbocycles. The highest BCUT2D eigenvalue weighted by molar-refractivity contribution is 7.98. The van der Waals surface area contributed by atoms with Crippen molar-refractivity contribution < 1.29 is 14.3 Å². The van der Waals surface area contributed by atoms with Gasteiger partial charge in [-0.1, -0.05) is 23.9 Å². The van der Waals surface area contributed by atoms with Gasteiger partial charge in [0.2, 0.25) is 12.7 Å². The van der Waals surface area contributed by atoms with Crippen molar-refractivity contribution in [2.45, 2.75) is 36.8 Å². The van der Waals surface area contributed by atoms with E-state index in [-0.39, 0.29) is 30.2 Å². The van der Waals surface area contributed by atoms with Gasteiger partial charge in [-0.3, -0.25) is 23.4 Å². The van der Waals surface area contributed by atoms with Crippen molar-refractivity contribution in [3.63, 3.8) is 0 Å². The van der Waals surface area contributed by atoms with Crippen LogP contribution in [0.25, 0.3) is 15.9 Å². The number of benzene rings is 1. The number of nitrogens with zero attached hydrogens (tertiary/aromatic N) is 4. The highest BCUT2D eigenvalue weighted by Gasteiger charge is 2.16. The van der Waals surface area contributed by atoms with Crippen molar-refractivity contribution >= 4 is 44.9 Å². The zero-order valence-electron chi connectivity index (χ0n) is 20.7. The highest BCUT2D eigenvalue weighted by atomic mass is 32.2. The van der Waals surface area contributed by atoms with Gasteiger partial charge in [0, 0.05) is 37.5 Å². The first kappa shape index (κ1) is 25.1. The molecule has 0 atom stereocenters. The highest BCUT2D eigenvalue weighted by Crippen LogP contribution is 2.32. The molecule has 6 rings (SSSR count). The number of thioether (sulfide) groups is 1. The number of aromatic nitrogens is 4. The van der Waals surface area contributed by atoms with E-state index in [0.717, 1.165) is 5.56 Å². The van der Waals surface area contributed by atoms with Crippen LogP contribution in [0.4, 0.5) is 0 Å². The molecular weight excluding hydrogens is 538 g/mol. The number of thiophene rings is 1. The van der Waals surface area contributed by atoms with E-state index in [0.29, 0.717) is 63.5 Å². The van der Waals surface area contributed by atoms with E-state index in [1.54, 1.807) is 22.9 Å². The largest absolute Gasteiger partial charge is 0.454 e. The lowest BCUT2D eigenvalue weighted by molar-refractivity contribution is -0.121. The van der Waals surface area contributed by atoms with Crippen LogP contribution in [0.3, 0.4) is 0 Å². The average molecular weight is 562 g/mol. The predicted molar refractivity (Wildman–Crippen MR) is 149 cm³/mol. The summed E-state index contributed by atoms with van der Waals surface area (Å²) in [5.41, 5.74) is 2.41. The quantitative estimate of drug-likeness (QED) is 0.214. The minimum absolute atomic E-state index is 0.110. The molecule has 39 heavy (non-hydrogen) atoms. The molecule has 0 aliphatic carbocycles. The summed E-state index contributed by atoms with van der Waals surface area (Å²) in [5, 5.41) is 5.29. The Hall–Kier alpha value is -4.16. The molecule has 0 bridgehead atoms. The molecule has 1 N–H and O–H groups in total. The van der Waals surface area contributed by atoms with Gasteiger partial charge in [0.25, 0.3) is 11.1 Å². The Morgan fingerprint density at radius 2 is 1.97 bits per heavy atom. The Labute approximate surface area is 230 Å². The summed E-state index contributed by atoms with van der Waals surface area (Å²) in [4.78, 5) is 47.5. The number of hydrogen-bond donors (Lipinski definition) is 1. The van der Waals surface area contributed by atoms with Gasteiger partial charge in [0.05, 0.1) is 11.2 Å². The number of pyridine rings is 1. The fourth-order valence-electron chi connectivity index (χ4n) is 4.28. The number of carbonyl (C=O) groups is 1. The van der Waals surface area contributed by atoms with Crippen molar-refractivity contribution in [1.82, 2.24) is 24.3 Å². The summed E-state index contributed by atoms with van der Waals surface area (Å²) in [7, 11) is 0. The summed E-state index contributed by atoms with van der Waals surface area (Å²) in [5.74, 6) is 1.63. The van der Waals surface area contributed by atoms with E-state index in [4.69, 9.17) is 14.5 Å². The van der Waals surface area contributed by atoms with Gasteiger partial charge >= 0.3 is 0 Å². The molecule has 1 aliphatic rings. The van der Waals surface area contributed by atoms with Crippen LogP contribution in [0.1, 0.15) is 24.1 Å².